The van der Waals surface area contributed by atoms with Crippen LogP contribution in [-0.4, -0.2) is 60.1 Å². The van der Waals surface area contributed by atoms with Gasteiger partial charge in [0.25, 0.3) is 0 Å². The number of alkyl carbamates (subject to hydrolysis) is 1. The zero-order valence-corrected chi connectivity index (χ0v) is 22.0. The second kappa shape index (κ2) is 14.1. The molecule has 0 bridgehead atoms. The van der Waals surface area contributed by atoms with Crippen molar-refractivity contribution in [2.75, 3.05) is 25.6 Å². The first-order valence-corrected chi connectivity index (χ1v) is 13.0. The number of carbonyl (C=O) groups is 3. The Bertz CT molecular complexity index is 779. The summed E-state index contributed by atoms with van der Waals surface area (Å²) in [7, 11) is 1.61. The molecule has 0 heterocycles. The smallest absolute Gasteiger partial charge is 0.408 e. The molecule has 1 rings (SSSR count). The van der Waals surface area contributed by atoms with Gasteiger partial charge in [-0.05, 0) is 58.1 Å². The predicted molar refractivity (Wildman–Crippen MR) is 135 cm³/mol. The highest BCUT2D eigenvalue weighted by molar-refractivity contribution is 7.98. The molecule has 2 N–H and O–H groups in total. The zero-order chi connectivity index (χ0) is 25.0. The minimum Gasteiger partial charge on any atom is -0.444 e. The van der Waals surface area contributed by atoms with Gasteiger partial charge < -0.3 is 20.3 Å². The Morgan fingerprint density at radius 3 is 2.45 bits per heavy atom. The van der Waals surface area contributed by atoms with Gasteiger partial charge >= 0.3 is 6.09 Å². The summed E-state index contributed by atoms with van der Waals surface area (Å²) < 4.78 is 5.36. The fourth-order valence-corrected chi connectivity index (χ4v) is 3.86. The first-order valence-electron chi connectivity index (χ1n) is 11.6. The fourth-order valence-electron chi connectivity index (χ4n) is 3.39. The Hall–Kier alpha value is -2.22. The molecule has 0 fully saturated rings. The number of ether oxygens (including phenoxy) is 1. The number of aryl methyl sites for hydroxylation is 1. The highest BCUT2D eigenvalue weighted by Gasteiger charge is 2.33. The molecule has 2 atom stereocenters. The van der Waals surface area contributed by atoms with Gasteiger partial charge in [0.2, 0.25) is 11.8 Å². The Balaban J connectivity index is 3.13. The molecule has 7 nitrogen and oxygen atoms in total. The van der Waals surface area contributed by atoms with E-state index in [0.29, 0.717) is 18.7 Å². The number of carbonyl (C=O) groups excluding carboxylic acids is 3. The average molecular weight is 480 g/mol. The molecular formula is C25H41N3O4S. The van der Waals surface area contributed by atoms with E-state index in [1.54, 1.807) is 39.6 Å². The number of hydrogen-bond acceptors (Lipinski definition) is 5. The topological polar surface area (TPSA) is 87.7 Å². The van der Waals surface area contributed by atoms with Crippen molar-refractivity contribution in [2.45, 2.75) is 78.0 Å². The van der Waals surface area contributed by atoms with Gasteiger partial charge in [-0.2, -0.15) is 11.8 Å². The third-order valence-electron chi connectivity index (χ3n) is 5.02. The molecular weight excluding hydrogens is 438 g/mol. The standard InChI is InChI=1S/C25H41N3O4S/c1-8-9-10-15-26-22(29)21(19-13-11-12-18(2)17-19)28(6)23(30)20(14-16-33-7)27-24(31)32-25(3,4)5/h11-13,17,20-21H,8-10,14-16H2,1-7H3,(H,26,29)(H,27,31). The van der Waals surface area contributed by atoms with Gasteiger partial charge in [0.15, 0.2) is 0 Å². The van der Waals surface area contributed by atoms with Crippen molar-refractivity contribution in [1.82, 2.24) is 15.5 Å². The lowest BCUT2D eigenvalue weighted by Crippen LogP contribution is -2.52. The van der Waals surface area contributed by atoms with Crippen LogP contribution in [-0.2, 0) is 14.3 Å². The van der Waals surface area contributed by atoms with Crippen molar-refractivity contribution >= 4 is 29.7 Å². The largest absolute Gasteiger partial charge is 0.444 e. The maximum atomic E-state index is 13.5. The summed E-state index contributed by atoms with van der Waals surface area (Å²) in [6.45, 7) is 9.93. The number of unbranched alkanes of at least 4 members (excludes halogenated alkanes) is 2. The van der Waals surface area contributed by atoms with Crippen molar-refractivity contribution < 1.29 is 19.1 Å². The van der Waals surface area contributed by atoms with Crippen LogP contribution in [0.3, 0.4) is 0 Å². The molecule has 0 saturated carbocycles. The molecule has 186 valence electrons. The zero-order valence-electron chi connectivity index (χ0n) is 21.2. The molecule has 2 unspecified atom stereocenters. The van der Waals surface area contributed by atoms with Crippen LogP contribution < -0.4 is 10.6 Å². The lowest BCUT2D eigenvalue weighted by atomic mass is 10.0. The number of likely N-dealkylation sites (N-methyl/N-ethyl adjacent to an activating group) is 1. The molecule has 1 aromatic carbocycles. The van der Waals surface area contributed by atoms with Crippen LogP contribution in [0.2, 0.25) is 0 Å². The molecule has 3 amide bonds. The van der Waals surface area contributed by atoms with Crippen LogP contribution in [0.4, 0.5) is 4.79 Å². The summed E-state index contributed by atoms with van der Waals surface area (Å²) in [6.07, 6.45) is 4.70. The number of hydrogen-bond donors (Lipinski definition) is 2. The van der Waals surface area contributed by atoms with Gasteiger partial charge in [0.1, 0.15) is 17.7 Å². The summed E-state index contributed by atoms with van der Waals surface area (Å²) >= 11 is 1.59. The number of thioether (sulfide) groups is 1. The number of rotatable bonds is 12. The molecule has 0 saturated heterocycles. The lowest BCUT2D eigenvalue weighted by Gasteiger charge is -2.31. The molecule has 8 heteroatoms. The minimum atomic E-state index is -0.795. The first kappa shape index (κ1) is 28.8. The van der Waals surface area contributed by atoms with Crippen molar-refractivity contribution in [3.05, 3.63) is 35.4 Å². The first-order chi connectivity index (χ1) is 15.5. The van der Waals surface area contributed by atoms with E-state index in [1.807, 2.05) is 37.4 Å². The van der Waals surface area contributed by atoms with Gasteiger partial charge in [-0.1, -0.05) is 49.6 Å². The van der Waals surface area contributed by atoms with E-state index in [-0.39, 0.29) is 11.8 Å². The van der Waals surface area contributed by atoms with Gasteiger partial charge in [0, 0.05) is 13.6 Å². The van der Waals surface area contributed by atoms with Gasteiger partial charge in [-0.3, -0.25) is 9.59 Å². The molecule has 1 aromatic rings. The molecule has 0 radical (unpaired) electrons. The van der Waals surface area contributed by atoms with Crippen LogP contribution in [0.1, 0.15) is 70.5 Å². The second-order valence-electron chi connectivity index (χ2n) is 9.24. The Kier molecular flexibility index (Phi) is 12.3. The number of benzene rings is 1. The summed E-state index contributed by atoms with van der Waals surface area (Å²) in [5, 5.41) is 5.68. The Labute approximate surface area is 203 Å². The van der Waals surface area contributed by atoms with Crippen molar-refractivity contribution in [3.8, 4) is 0 Å². The van der Waals surface area contributed by atoms with Gasteiger partial charge in [-0.25, -0.2) is 4.79 Å². The van der Waals surface area contributed by atoms with E-state index in [4.69, 9.17) is 4.74 Å². The average Bonchev–Trinajstić information content (AvgIpc) is 2.72. The van der Waals surface area contributed by atoms with Crippen molar-refractivity contribution in [1.29, 1.82) is 0 Å². The maximum Gasteiger partial charge on any atom is 0.408 e. The number of nitrogens with one attached hydrogen (secondary N) is 2. The van der Waals surface area contributed by atoms with E-state index in [0.717, 1.165) is 30.4 Å². The lowest BCUT2D eigenvalue weighted by molar-refractivity contribution is -0.140. The van der Waals surface area contributed by atoms with Crippen LogP contribution >= 0.6 is 11.8 Å². The molecule has 33 heavy (non-hydrogen) atoms. The molecule has 0 aliphatic carbocycles. The van der Waals surface area contributed by atoms with Crippen LogP contribution in [0, 0.1) is 6.92 Å². The highest BCUT2D eigenvalue weighted by Crippen LogP contribution is 2.23. The second-order valence-corrected chi connectivity index (χ2v) is 10.2. The Morgan fingerprint density at radius 2 is 1.88 bits per heavy atom. The third-order valence-corrected chi connectivity index (χ3v) is 5.66. The number of amides is 3. The van der Waals surface area contributed by atoms with E-state index in [1.165, 1.54) is 4.90 Å². The summed E-state index contributed by atoms with van der Waals surface area (Å²) in [6, 6.07) is 6.01. The monoisotopic (exact) mass is 479 g/mol. The quantitative estimate of drug-likeness (QED) is 0.433. The third kappa shape index (κ3) is 10.5. The highest BCUT2D eigenvalue weighted by atomic mass is 32.2. The SMILES string of the molecule is CCCCCNC(=O)C(c1cccc(C)c1)N(C)C(=O)C(CCSC)NC(=O)OC(C)(C)C. The van der Waals surface area contributed by atoms with Crippen molar-refractivity contribution in [3.63, 3.8) is 0 Å². The van der Waals surface area contributed by atoms with Gasteiger partial charge in [0.05, 0.1) is 0 Å². The number of nitrogens with zero attached hydrogens (tertiary/aromatic N) is 1. The Morgan fingerprint density at radius 1 is 1.18 bits per heavy atom. The van der Waals surface area contributed by atoms with E-state index in [2.05, 4.69) is 17.6 Å². The van der Waals surface area contributed by atoms with Gasteiger partial charge in [-0.15, -0.1) is 0 Å². The molecule has 0 aromatic heterocycles. The molecule has 0 aliphatic rings. The van der Waals surface area contributed by atoms with E-state index < -0.39 is 23.8 Å². The predicted octanol–water partition coefficient (Wildman–Crippen LogP) is 4.45. The fraction of sp³-hybridized carbons (Fsp3) is 0.640. The normalized spacial score (nSPS) is 13.1. The molecule has 0 aliphatic heterocycles. The van der Waals surface area contributed by atoms with Crippen LogP contribution in [0.25, 0.3) is 0 Å². The summed E-state index contributed by atoms with van der Waals surface area (Å²) in [5.74, 6) is 0.122. The van der Waals surface area contributed by atoms with E-state index in [9.17, 15) is 14.4 Å². The minimum absolute atomic E-state index is 0.228. The maximum absolute atomic E-state index is 13.5. The summed E-state index contributed by atoms with van der Waals surface area (Å²) in [5.41, 5.74) is 1.06. The molecule has 0 spiro atoms. The van der Waals surface area contributed by atoms with E-state index >= 15 is 0 Å². The summed E-state index contributed by atoms with van der Waals surface area (Å²) in [4.78, 5) is 40.5. The van der Waals surface area contributed by atoms with Crippen LogP contribution in [0.15, 0.2) is 24.3 Å². The van der Waals surface area contributed by atoms with Crippen molar-refractivity contribution in [2.24, 2.45) is 0 Å². The van der Waals surface area contributed by atoms with Crippen LogP contribution in [0.5, 0.6) is 0 Å².